The van der Waals surface area contributed by atoms with E-state index < -0.39 is 9.84 Å². The average molecular weight is 402 g/mol. The summed E-state index contributed by atoms with van der Waals surface area (Å²) < 4.78 is 28.3. The summed E-state index contributed by atoms with van der Waals surface area (Å²) >= 11 is 1.30. The molecular weight excluding hydrogens is 384 g/mol. The van der Waals surface area contributed by atoms with Crippen molar-refractivity contribution >= 4 is 32.2 Å². The number of methoxy groups -OCH3 is 1. The lowest BCUT2D eigenvalue weighted by atomic mass is 10.1. The number of hydrogen-bond donors (Lipinski definition) is 1. The van der Waals surface area contributed by atoms with E-state index in [1.165, 1.54) is 17.6 Å². The van der Waals surface area contributed by atoms with Gasteiger partial charge in [0.1, 0.15) is 5.75 Å². The molecule has 0 spiro atoms. The molecule has 1 N–H and O–H groups in total. The standard InChI is InChI=1S/C19H18N2O4S2/c1-12-4-5-14(10-17(12)25-2)18(22)21-19-20-16(11-26-19)13-6-8-15(9-7-13)27(3,23)24/h4-11H,1-3H3,(H,20,21,22). The normalized spacial score (nSPS) is 11.2. The summed E-state index contributed by atoms with van der Waals surface area (Å²) in [6.07, 6.45) is 1.17. The van der Waals surface area contributed by atoms with Crippen molar-refractivity contribution in [3.05, 3.63) is 59.0 Å². The van der Waals surface area contributed by atoms with E-state index in [0.717, 1.165) is 11.1 Å². The van der Waals surface area contributed by atoms with Crippen molar-refractivity contribution in [2.24, 2.45) is 0 Å². The average Bonchev–Trinajstić information content (AvgIpc) is 3.10. The summed E-state index contributed by atoms with van der Waals surface area (Å²) in [5.41, 5.74) is 2.86. The van der Waals surface area contributed by atoms with Crippen LogP contribution < -0.4 is 10.1 Å². The van der Waals surface area contributed by atoms with Gasteiger partial charge in [0.15, 0.2) is 15.0 Å². The van der Waals surface area contributed by atoms with Gasteiger partial charge < -0.3 is 4.74 Å². The van der Waals surface area contributed by atoms with Crippen molar-refractivity contribution in [3.8, 4) is 17.0 Å². The Balaban J connectivity index is 1.77. The maximum absolute atomic E-state index is 12.4. The van der Waals surface area contributed by atoms with E-state index >= 15 is 0 Å². The number of rotatable bonds is 5. The van der Waals surface area contributed by atoms with E-state index in [1.54, 1.807) is 48.9 Å². The molecule has 1 heterocycles. The Kier molecular flexibility index (Phi) is 5.29. The van der Waals surface area contributed by atoms with Gasteiger partial charge in [-0.05, 0) is 36.8 Å². The van der Waals surface area contributed by atoms with Gasteiger partial charge in [-0.3, -0.25) is 10.1 Å². The Morgan fingerprint density at radius 1 is 1.15 bits per heavy atom. The van der Waals surface area contributed by atoms with Crippen molar-refractivity contribution in [2.45, 2.75) is 11.8 Å². The molecule has 8 heteroatoms. The third-order valence-electron chi connectivity index (χ3n) is 3.97. The first-order valence-corrected chi connectivity index (χ1v) is 10.8. The number of ether oxygens (including phenoxy) is 1. The highest BCUT2D eigenvalue weighted by molar-refractivity contribution is 7.90. The summed E-state index contributed by atoms with van der Waals surface area (Å²) in [5.74, 6) is 0.370. The molecule has 6 nitrogen and oxygen atoms in total. The minimum Gasteiger partial charge on any atom is -0.496 e. The molecule has 1 aromatic heterocycles. The molecular formula is C19H18N2O4S2. The minimum absolute atomic E-state index is 0.253. The van der Waals surface area contributed by atoms with E-state index in [4.69, 9.17) is 4.74 Å². The number of amides is 1. The van der Waals surface area contributed by atoms with E-state index in [0.29, 0.717) is 22.1 Å². The monoisotopic (exact) mass is 402 g/mol. The highest BCUT2D eigenvalue weighted by atomic mass is 32.2. The molecule has 0 fully saturated rings. The van der Waals surface area contributed by atoms with E-state index in [9.17, 15) is 13.2 Å². The molecule has 3 rings (SSSR count). The van der Waals surface area contributed by atoms with Crippen LogP contribution in [0.2, 0.25) is 0 Å². The van der Waals surface area contributed by atoms with Crippen LogP contribution in [0.1, 0.15) is 15.9 Å². The van der Waals surface area contributed by atoms with Gasteiger partial charge >= 0.3 is 0 Å². The number of aromatic nitrogens is 1. The van der Waals surface area contributed by atoms with Crippen LogP contribution in [0.15, 0.2) is 52.7 Å². The first-order valence-electron chi connectivity index (χ1n) is 8.00. The topological polar surface area (TPSA) is 85.4 Å². The molecule has 0 aliphatic heterocycles. The van der Waals surface area contributed by atoms with Crippen LogP contribution in [0.5, 0.6) is 5.75 Å². The van der Waals surface area contributed by atoms with E-state index in [1.807, 2.05) is 13.0 Å². The molecule has 0 unspecified atom stereocenters. The van der Waals surface area contributed by atoms with Gasteiger partial charge in [-0.25, -0.2) is 13.4 Å². The Hall–Kier alpha value is -2.71. The molecule has 0 bridgehead atoms. The third-order valence-corrected chi connectivity index (χ3v) is 5.86. The fraction of sp³-hybridized carbons (Fsp3) is 0.158. The molecule has 3 aromatic rings. The lowest BCUT2D eigenvalue weighted by Crippen LogP contribution is -2.12. The Morgan fingerprint density at radius 3 is 2.48 bits per heavy atom. The lowest BCUT2D eigenvalue weighted by Gasteiger charge is -2.07. The van der Waals surface area contributed by atoms with Crippen LogP contribution in [0.4, 0.5) is 5.13 Å². The molecule has 0 saturated heterocycles. The number of carbonyl (C=O) groups excluding carboxylic acids is 1. The van der Waals surface area contributed by atoms with Crippen molar-refractivity contribution in [2.75, 3.05) is 18.7 Å². The second-order valence-corrected chi connectivity index (χ2v) is 8.85. The van der Waals surface area contributed by atoms with Crippen LogP contribution in [-0.2, 0) is 9.84 Å². The third kappa shape index (κ3) is 4.35. The van der Waals surface area contributed by atoms with Gasteiger partial charge in [0.25, 0.3) is 5.91 Å². The second-order valence-electron chi connectivity index (χ2n) is 5.97. The van der Waals surface area contributed by atoms with Crippen LogP contribution in [0, 0.1) is 6.92 Å². The van der Waals surface area contributed by atoms with Crippen LogP contribution in [0.3, 0.4) is 0 Å². The van der Waals surface area contributed by atoms with Gasteiger partial charge in [-0.15, -0.1) is 11.3 Å². The molecule has 0 aliphatic rings. The maximum Gasteiger partial charge on any atom is 0.257 e. The molecule has 0 saturated carbocycles. The van der Waals surface area contributed by atoms with Crippen molar-refractivity contribution in [3.63, 3.8) is 0 Å². The van der Waals surface area contributed by atoms with E-state index in [2.05, 4.69) is 10.3 Å². The number of anilines is 1. The SMILES string of the molecule is COc1cc(C(=O)Nc2nc(-c3ccc(S(C)(=O)=O)cc3)cs2)ccc1C. The molecule has 0 radical (unpaired) electrons. The first kappa shape index (κ1) is 19.1. The van der Waals surface area contributed by atoms with Gasteiger partial charge in [-0.2, -0.15) is 0 Å². The number of benzene rings is 2. The quantitative estimate of drug-likeness (QED) is 0.702. The predicted octanol–water partition coefficient (Wildman–Crippen LogP) is 3.78. The summed E-state index contributed by atoms with van der Waals surface area (Å²) in [7, 11) is -1.68. The predicted molar refractivity (Wildman–Crippen MR) is 106 cm³/mol. The lowest BCUT2D eigenvalue weighted by molar-refractivity contribution is 0.102. The number of thiazole rings is 1. The van der Waals surface area contributed by atoms with Crippen molar-refractivity contribution in [1.29, 1.82) is 0 Å². The summed E-state index contributed by atoms with van der Waals surface area (Å²) in [4.78, 5) is 17.1. The van der Waals surface area contributed by atoms with Crippen LogP contribution in [0.25, 0.3) is 11.3 Å². The minimum atomic E-state index is -3.24. The smallest absolute Gasteiger partial charge is 0.257 e. The van der Waals surface area contributed by atoms with Gasteiger partial charge in [0.2, 0.25) is 0 Å². The maximum atomic E-state index is 12.4. The molecule has 0 atom stereocenters. The largest absolute Gasteiger partial charge is 0.496 e. The number of nitrogens with zero attached hydrogens (tertiary/aromatic N) is 1. The van der Waals surface area contributed by atoms with Gasteiger partial charge in [0.05, 0.1) is 17.7 Å². The zero-order valence-electron chi connectivity index (χ0n) is 15.0. The number of hydrogen-bond acceptors (Lipinski definition) is 6. The zero-order chi connectivity index (χ0) is 19.6. The number of carbonyl (C=O) groups is 1. The highest BCUT2D eigenvalue weighted by Gasteiger charge is 2.13. The Labute approximate surface area is 161 Å². The Morgan fingerprint density at radius 2 is 1.85 bits per heavy atom. The van der Waals surface area contributed by atoms with E-state index in [-0.39, 0.29) is 10.8 Å². The molecule has 140 valence electrons. The molecule has 27 heavy (non-hydrogen) atoms. The molecule has 0 aliphatic carbocycles. The first-order chi connectivity index (χ1) is 12.8. The molecule has 1 amide bonds. The zero-order valence-corrected chi connectivity index (χ0v) is 16.6. The number of aryl methyl sites for hydroxylation is 1. The van der Waals surface area contributed by atoms with Crippen molar-refractivity contribution in [1.82, 2.24) is 4.98 Å². The second kappa shape index (κ2) is 7.50. The fourth-order valence-electron chi connectivity index (χ4n) is 2.47. The van der Waals surface area contributed by atoms with Crippen molar-refractivity contribution < 1.29 is 17.9 Å². The van der Waals surface area contributed by atoms with Crippen LogP contribution in [-0.4, -0.2) is 32.7 Å². The summed E-state index contributed by atoms with van der Waals surface area (Å²) in [6, 6.07) is 11.7. The summed E-state index contributed by atoms with van der Waals surface area (Å²) in [5, 5.41) is 5.04. The highest BCUT2D eigenvalue weighted by Crippen LogP contribution is 2.27. The Bertz CT molecular complexity index is 1090. The summed E-state index contributed by atoms with van der Waals surface area (Å²) in [6.45, 7) is 1.91. The van der Waals surface area contributed by atoms with Crippen LogP contribution >= 0.6 is 11.3 Å². The number of sulfone groups is 1. The fourth-order valence-corrected chi connectivity index (χ4v) is 3.81. The number of nitrogens with one attached hydrogen (secondary N) is 1. The van der Waals surface area contributed by atoms with Gasteiger partial charge in [-0.1, -0.05) is 18.2 Å². The molecule has 2 aromatic carbocycles. The van der Waals surface area contributed by atoms with Gasteiger partial charge in [0, 0.05) is 22.8 Å².